The quantitative estimate of drug-likeness (QED) is 0.543. The van der Waals surface area contributed by atoms with E-state index in [2.05, 4.69) is 15.5 Å². The standard InChI is InChI=1S/C22H19ClFN3O5/c1-29-13-3-2-4-15(7-13)31-20-27-26-19(32-20)21-10-22(11-21,12-21)25-18(28)9-30-14-5-6-16(23)17(24)8-14/h2-8H,9-12H2,1H3,(H,25,28). The largest absolute Gasteiger partial charge is 0.497 e. The molecule has 0 unspecified atom stereocenters. The number of methoxy groups -OCH3 is 1. The van der Waals surface area contributed by atoms with Crippen molar-refractivity contribution < 1.29 is 27.8 Å². The summed E-state index contributed by atoms with van der Waals surface area (Å²) < 4.78 is 35.3. The number of carbonyl (C=O) groups excluding carboxylic acids is 1. The lowest BCUT2D eigenvalue weighted by molar-refractivity contribution is -0.143. The third-order valence-electron chi connectivity index (χ3n) is 5.80. The van der Waals surface area contributed by atoms with Gasteiger partial charge in [0, 0.05) is 17.7 Å². The van der Waals surface area contributed by atoms with Crippen LogP contribution in [0.15, 0.2) is 46.9 Å². The summed E-state index contributed by atoms with van der Waals surface area (Å²) in [5.41, 5.74) is -0.537. The monoisotopic (exact) mass is 459 g/mol. The Balaban J connectivity index is 1.13. The summed E-state index contributed by atoms with van der Waals surface area (Å²) in [6, 6.07) is 11.1. The molecule has 3 fully saturated rings. The lowest BCUT2D eigenvalue weighted by atomic mass is 9.39. The van der Waals surface area contributed by atoms with Gasteiger partial charge < -0.3 is 23.9 Å². The zero-order valence-corrected chi connectivity index (χ0v) is 17.8. The van der Waals surface area contributed by atoms with Crippen LogP contribution in [0.2, 0.25) is 5.02 Å². The third-order valence-corrected chi connectivity index (χ3v) is 6.11. The Hall–Kier alpha value is -3.33. The van der Waals surface area contributed by atoms with Gasteiger partial charge in [0.05, 0.1) is 17.5 Å². The van der Waals surface area contributed by atoms with Crippen molar-refractivity contribution in [2.75, 3.05) is 13.7 Å². The maximum absolute atomic E-state index is 13.5. The van der Waals surface area contributed by atoms with E-state index in [1.54, 1.807) is 31.4 Å². The molecule has 0 atom stereocenters. The highest BCUT2D eigenvalue weighted by Gasteiger charge is 2.71. The van der Waals surface area contributed by atoms with Crippen LogP contribution < -0.4 is 19.5 Å². The summed E-state index contributed by atoms with van der Waals surface area (Å²) in [6.07, 6.45) is 2.14. The molecule has 0 saturated heterocycles. The second-order valence-corrected chi connectivity index (χ2v) is 8.57. The first-order chi connectivity index (χ1) is 15.4. The molecule has 3 saturated carbocycles. The van der Waals surface area contributed by atoms with Gasteiger partial charge in [-0.3, -0.25) is 4.79 Å². The van der Waals surface area contributed by atoms with Crippen molar-refractivity contribution in [1.29, 1.82) is 0 Å². The van der Waals surface area contributed by atoms with E-state index < -0.39 is 5.82 Å². The maximum Gasteiger partial charge on any atom is 0.420 e. The molecular weight excluding hydrogens is 441 g/mol. The van der Waals surface area contributed by atoms with E-state index in [-0.39, 0.29) is 40.3 Å². The lowest BCUT2D eigenvalue weighted by Crippen LogP contribution is -2.77. The van der Waals surface area contributed by atoms with E-state index in [1.807, 2.05) is 0 Å². The molecule has 1 heterocycles. The average Bonchev–Trinajstić information content (AvgIpc) is 3.18. The minimum absolute atomic E-state index is 0.000885. The molecule has 10 heteroatoms. The number of nitrogens with one attached hydrogen (secondary N) is 1. The van der Waals surface area contributed by atoms with Crippen molar-refractivity contribution in [3.05, 3.63) is 59.2 Å². The minimum atomic E-state index is -0.597. The van der Waals surface area contributed by atoms with Gasteiger partial charge in [-0.1, -0.05) is 22.8 Å². The molecule has 1 aromatic heterocycles. The normalized spacial score (nSPS) is 23.0. The Morgan fingerprint density at radius 3 is 2.69 bits per heavy atom. The predicted molar refractivity (Wildman–Crippen MR) is 111 cm³/mol. The molecule has 8 nitrogen and oxygen atoms in total. The number of carbonyl (C=O) groups is 1. The lowest BCUT2D eigenvalue weighted by Gasteiger charge is -2.68. The summed E-state index contributed by atoms with van der Waals surface area (Å²) in [4.78, 5) is 12.3. The summed E-state index contributed by atoms with van der Waals surface area (Å²) in [6.45, 7) is -0.213. The highest BCUT2D eigenvalue weighted by Crippen LogP contribution is 2.67. The Morgan fingerprint density at radius 1 is 1.16 bits per heavy atom. The van der Waals surface area contributed by atoms with Gasteiger partial charge in [0.15, 0.2) is 6.61 Å². The number of nitrogens with zero attached hydrogens (tertiary/aromatic N) is 2. The summed E-state index contributed by atoms with van der Waals surface area (Å²) in [5.74, 6) is 1.05. The smallest absolute Gasteiger partial charge is 0.420 e. The second kappa shape index (κ2) is 7.67. The molecule has 3 aliphatic carbocycles. The molecule has 3 aliphatic rings. The van der Waals surface area contributed by atoms with Crippen LogP contribution in [-0.4, -0.2) is 35.4 Å². The van der Waals surface area contributed by atoms with Crippen LogP contribution >= 0.6 is 11.6 Å². The number of ether oxygens (including phenoxy) is 3. The van der Waals surface area contributed by atoms with Crippen molar-refractivity contribution in [3.63, 3.8) is 0 Å². The van der Waals surface area contributed by atoms with Crippen LogP contribution in [0.4, 0.5) is 4.39 Å². The highest BCUT2D eigenvalue weighted by atomic mass is 35.5. The summed E-state index contributed by atoms with van der Waals surface area (Å²) >= 11 is 5.64. The van der Waals surface area contributed by atoms with Gasteiger partial charge in [-0.15, -0.1) is 5.10 Å². The number of amides is 1. The fourth-order valence-electron chi connectivity index (χ4n) is 4.43. The van der Waals surface area contributed by atoms with E-state index in [0.29, 0.717) is 36.7 Å². The van der Waals surface area contributed by atoms with Crippen LogP contribution in [0, 0.1) is 5.82 Å². The van der Waals surface area contributed by atoms with E-state index in [0.717, 1.165) is 6.07 Å². The van der Waals surface area contributed by atoms with Gasteiger partial charge in [0.2, 0.25) is 5.89 Å². The molecule has 1 N–H and O–H groups in total. The SMILES string of the molecule is COc1cccc(Oc2nnc(C34CC(NC(=O)COc5ccc(Cl)c(F)c5)(C3)C4)o2)c1. The number of halogens is 2. The number of rotatable bonds is 8. The Bertz CT molecular complexity index is 1160. The van der Waals surface area contributed by atoms with Crippen LogP contribution in [-0.2, 0) is 10.2 Å². The van der Waals surface area contributed by atoms with Crippen LogP contribution in [0.5, 0.6) is 23.3 Å². The predicted octanol–water partition coefficient (Wildman–Crippen LogP) is 4.03. The number of benzene rings is 2. The zero-order chi connectivity index (χ0) is 22.3. The summed E-state index contributed by atoms with van der Waals surface area (Å²) in [5, 5.41) is 11.1. The highest BCUT2D eigenvalue weighted by molar-refractivity contribution is 6.30. The van der Waals surface area contributed by atoms with Crippen molar-refractivity contribution >= 4 is 17.5 Å². The Kier molecular flexibility index (Phi) is 4.93. The van der Waals surface area contributed by atoms with Crippen molar-refractivity contribution in [1.82, 2.24) is 15.5 Å². The number of aromatic nitrogens is 2. The van der Waals surface area contributed by atoms with Gasteiger partial charge >= 0.3 is 6.08 Å². The topological polar surface area (TPSA) is 95.7 Å². The minimum Gasteiger partial charge on any atom is -0.497 e. The van der Waals surface area contributed by atoms with Crippen molar-refractivity contribution in [2.45, 2.75) is 30.2 Å². The molecule has 6 rings (SSSR count). The molecule has 1 amide bonds. The van der Waals surface area contributed by atoms with Crippen molar-refractivity contribution in [2.24, 2.45) is 0 Å². The molecule has 0 spiro atoms. The maximum atomic E-state index is 13.5. The molecular formula is C22H19ClFN3O5. The zero-order valence-electron chi connectivity index (χ0n) is 17.1. The van der Waals surface area contributed by atoms with Gasteiger partial charge in [0.1, 0.15) is 23.1 Å². The fraction of sp³-hybridized carbons (Fsp3) is 0.318. The molecule has 32 heavy (non-hydrogen) atoms. The van der Waals surface area contributed by atoms with E-state index in [9.17, 15) is 9.18 Å². The first-order valence-corrected chi connectivity index (χ1v) is 10.3. The molecule has 0 aliphatic heterocycles. The Labute approximate surface area is 187 Å². The van der Waals surface area contributed by atoms with Gasteiger partial charge in [-0.2, -0.15) is 0 Å². The van der Waals surface area contributed by atoms with Gasteiger partial charge in [-0.05, 0) is 43.5 Å². The Morgan fingerprint density at radius 2 is 1.94 bits per heavy atom. The van der Waals surface area contributed by atoms with E-state index in [4.69, 9.17) is 30.2 Å². The number of hydrogen-bond donors (Lipinski definition) is 1. The molecule has 2 aromatic carbocycles. The first kappa shape index (κ1) is 20.6. The fourth-order valence-corrected chi connectivity index (χ4v) is 4.54. The average molecular weight is 460 g/mol. The van der Waals surface area contributed by atoms with Crippen LogP contribution in [0.3, 0.4) is 0 Å². The second-order valence-electron chi connectivity index (χ2n) is 8.16. The summed E-state index contributed by atoms with van der Waals surface area (Å²) in [7, 11) is 1.57. The van der Waals surface area contributed by atoms with Crippen LogP contribution in [0.25, 0.3) is 0 Å². The third kappa shape index (κ3) is 3.73. The molecule has 166 valence electrons. The molecule has 2 bridgehead atoms. The van der Waals surface area contributed by atoms with Gasteiger partial charge in [-0.25, -0.2) is 4.39 Å². The van der Waals surface area contributed by atoms with Crippen LogP contribution in [0.1, 0.15) is 25.2 Å². The van der Waals surface area contributed by atoms with Crippen molar-refractivity contribution in [3.8, 4) is 23.3 Å². The molecule has 0 radical (unpaired) electrons. The van der Waals surface area contributed by atoms with Gasteiger partial charge in [0.25, 0.3) is 5.91 Å². The van der Waals surface area contributed by atoms with E-state index in [1.165, 1.54) is 12.1 Å². The number of hydrogen-bond acceptors (Lipinski definition) is 7. The molecule has 3 aromatic rings. The first-order valence-electron chi connectivity index (χ1n) is 9.94. The van der Waals surface area contributed by atoms with E-state index >= 15 is 0 Å².